The summed E-state index contributed by atoms with van der Waals surface area (Å²) in [6.45, 7) is 6.82. The Bertz CT molecular complexity index is 468. The molecule has 0 amide bonds. The monoisotopic (exact) mass is 342 g/mol. The number of hydrogen-bond donors (Lipinski definition) is 0. The van der Waals surface area contributed by atoms with Crippen molar-refractivity contribution in [1.29, 1.82) is 0 Å². The van der Waals surface area contributed by atoms with Crippen molar-refractivity contribution in [2.24, 2.45) is 0 Å². The largest absolute Gasteiger partial charge is 0.356 e. The topological polar surface area (TPSA) is 6.48 Å². The SMILES string of the molecule is CCCCCCCCCN1C=CN(Cc2ccccc2)C1CCCC. The van der Waals surface area contributed by atoms with Gasteiger partial charge < -0.3 is 9.80 Å². The van der Waals surface area contributed by atoms with Crippen LogP contribution in [0.5, 0.6) is 0 Å². The van der Waals surface area contributed by atoms with Crippen LogP contribution in [0.4, 0.5) is 0 Å². The smallest absolute Gasteiger partial charge is 0.101 e. The fraction of sp³-hybridized carbons (Fsp3) is 0.652. The molecule has 0 fully saturated rings. The highest BCUT2D eigenvalue weighted by molar-refractivity contribution is 5.15. The third-order valence-electron chi connectivity index (χ3n) is 5.26. The van der Waals surface area contributed by atoms with E-state index in [9.17, 15) is 0 Å². The van der Waals surface area contributed by atoms with Crippen LogP contribution in [0.1, 0.15) is 83.6 Å². The molecule has 0 bridgehead atoms. The molecule has 140 valence electrons. The Morgan fingerprint density at radius 1 is 0.720 bits per heavy atom. The molecule has 0 aliphatic carbocycles. The standard InChI is InChI=1S/C23H38N2/c1-3-5-7-8-9-10-14-18-24-19-20-25(23(24)17-6-4-2)21-22-15-12-11-13-16-22/h11-13,15-16,19-20,23H,3-10,14,17-18,21H2,1-2H3. The molecule has 0 saturated heterocycles. The Morgan fingerprint density at radius 2 is 1.36 bits per heavy atom. The van der Waals surface area contributed by atoms with Crippen molar-refractivity contribution >= 4 is 0 Å². The predicted molar refractivity (Wildman–Crippen MR) is 109 cm³/mol. The van der Waals surface area contributed by atoms with Crippen LogP contribution in [-0.4, -0.2) is 22.5 Å². The Kier molecular flexibility index (Phi) is 9.54. The summed E-state index contributed by atoms with van der Waals surface area (Å²) in [5.41, 5.74) is 1.41. The lowest BCUT2D eigenvalue weighted by atomic mass is 10.1. The highest BCUT2D eigenvalue weighted by Gasteiger charge is 2.25. The van der Waals surface area contributed by atoms with Crippen LogP contribution in [0, 0.1) is 0 Å². The van der Waals surface area contributed by atoms with Crippen LogP contribution >= 0.6 is 0 Å². The third-order valence-corrected chi connectivity index (χ3v) is 5.26. The first-order chi connectivity index (χ1) is 12.3. The molecule has 1 aromatic rings. The van der Waals surface area contributed by atoms with Crippen molar-refractivity contribution in [3.63, 3.8) is 0 Å². The quantitative estimate of drug-likeness (QED) is 0.375. The minimum Gasteiger partial charge on any atom is -0.356 e. The van der Waals surface area contributed by atoms with Crippen molar-refractivity contribution in [3.8, 4) is 0 Å². The van der Waals surface area contributed by atoms with E-state index >= 15 is 0 Å². The zero-order valence-electron chi connectivity index (χ0n) is 16.5. The number of benzene rings is 1. The Morgan fingerprint density at radius 3 is 2.08 bits per heavy atom. The van der Waals surface area contributed by atoms with E-state index in [4.69, 9.17) is 0 Å². The van der Waals surface area contributed by atoms with Crippen LogP contribution in [0.3, 0.4) is 0 Å². The van der Waals surface area contributed by atoms with Gasteiger partial charge >= 0.3 is 0 Å². The molecule has 0 aromatic heterocycles. The number of nitrogens with zero attached hydrogens (tertiary/aromatic N) is 2. The molecule has 0 radical (unpaired) electrons. The minimum absolute atomic E-state index is 0.556. The van der Waals surface area contributed by atoms with Gasteiger partial charge in [0.2, 0.25) is 0 Å². The first-order valence-corrected chi connectivity index (χ1v) is 10.6. The van der Waals surface area contributed by atoms with Crippen molar-refractivity contribution in [2.75, 3.05) is 6.54 Å². The van der Waals surface area contributed by atoms with Gasteiger partial charge in [-0.05, 0) is 24.8 Å². The normalized spacial score (nSPS) is 16.8. The first-order valence-electron chi connectivity index (χ1n) is 10.6. The van der Waals surface area contributed by atoms with Gasteiger partial charge in [-0.15, -0.1) is 0 Å². The summed E-state index contributed by atoms with van der Waals surface area (Å²) in [5, 5.41) is 0. The molecule has 2 rings (SSSR count). The zero-order chi connectivity index (χ0) is 17.7. The number of hydrogen-bond acceptors (Lipinski definition) is 2. The summed E-state index contributed by atoms with van der Waals surface area (Å²) >= 11 is 0. The van der Waals surface area contributed by atoms with Crippen LogP contribution in [0.25, 0.3) is 0 Å². The highest BCUT2D eigenvalue weighted by atomic mass is 15.4. The van der Waals surface area contributed by atoms with Crippen molar-refractivity contribution in [1.82, 2.24) is 9.80 Å². The summed E-state index contributed by atoms with van der Waals surface area (Å²) in [7, 11) is 0. The maximum absolute atomic E-state index is 2.59. The number of rotatable bonds is 13. The lowest BCUT2D eigenvalue weighted by Gasteiger charge is -2.33. The predicted octanol–water partition coefficient (Wildman–Crippen LogP) is 6.54. The second kappa shape index (κ2) is 12.0. The summed E-state index contributed by atoms with van der Waals surface area (Å²) in [6.07, 6.45) is 18.8. The van der Waals surface area contributed by atoms with E-state index in [1.165, 1.54) is 76.3 Å². The molecule has 1 heterocycles. The van der Waals surface area contributed by atoms with Gasteiger partial charge in [-0.25, -0.2) is 0 Å². The molecule has 2 nitrogen and oxygen atoms in total. The molecular weight excluding hydrogens is 304 g/mol. The summed E-state index contributed by atoms with van der Waals surface area (Å²) in [5.74, 6) is 0. The fourth-order valence-corrected chi connectivity index (χ4v) is 3.71. The lowest BCUT2D eigenvalue weighted by molar-refractivity contribution is 0.133. The fourth-order valence-electron chi connectivity index (χ4n) is 3.71. The van der Waals surface area contributed by atoms with Gasteiger partial charge in [0.15, 0.2) is 0 Å². The molecule has 1 unspecified atom stereocenters. The van der Waals surface area contributed by atoms with Crippen molar-refractivity contribution in [2.45, 2.75) is 90.8 Å². The van der Waals surface area contributed by atoms with Crippen LogP contribution in [0.2, 0.25) is 0 Å². The molecule has 1 aliphatic heterocycles. The molecule has 1 atom stereocenters. The Hall–Kier alpha value is -1.44. The van der Waals surface area contributed by atoms with Gasteiger partial charge in [-0.3, -0.25) is 0 Å². The van der Waals surface area contributed by atoms with Gasteiger partial charge in [0.25, 0.3) is 0 Å². The van der Waals surface area contributed by atoms with Gasteiger partial charge in [-0.1, -0.05) is 89.1 Å². The van der Waals surface area contributed by atoms with Crippen LogP contribution in [0.15, 0.2) is 42.7 Å². The van der Waals surface area contributed by atoms with Crippen molar-refractivity contribution in [3.05, 3.63) is 48.3 Å². The molecule has 1 aromatic carbocycles. The summed E-state index contributed by atoms with van der Waals surface area (Å²) in [4.78, 5) is 5.12. The molecule has 0 saturated carbocycles. The van der Waals surface area contributed by atoms with Gasteiger partial charge in [0.05, 0.1) is 0 Å². The van der Waals surface area contributed by atoms with Gasteiger partial charge in [0.1, 0.15) is 6.17 Å². The summed E-state index contributed by atoms with van der Waals surface area (Å²) < 4.78 is 0. The second-order valence-corrected chi connectivity index (χ2v) is 7.44. The zero-order valence-corrected chi connectivity index (χ0v) is 16.5. The summed E-state index contributed by atoms with van der Waals surface area (Å²) in [6, 6.07) is 10.9. The van der Waals surface area contributed by atoms with Crippen LogP contribution < -0.4 is 0 Å². The van der Waals surface area contributed by atoms with E-state index in [1.54, 1.807) is 0 Å². The van der Waals surface area contributed by atoms with E-state index in [-0.39, 0.29) is 0 Å². The molecular formula is C23H38N2. The van der Waals surface area contributed by atoms with E-state index in [2.05, 4.69) is 66.4 Å². The maximum Gasteiger partial charge on any atom is 0.101 e. The van der Waals surface area contributed by atoms with Crippen LogP contribution in [-0.2, 0) is 6.54 Å². The van der Waals surface area contributed by atoms with E-state index in [1.807, 2.05) is 0 Å². The minimum atomic E-state index is 0.556. The molecule has 0 N–H and O–H groups in total. The third kappa shape index (κ3) is 7.13. The second-order valence-electron chi connectivity index (χ2n) is 7.44. The molecule has 1 aliphatic rings. The van der Waals surface area contributed by atoms with E-state index in [0.29, 0.717) is 6.17 Å². The Balaban J connectivity index is 1.76. The lowest BCUT2D eigenvalue weighted by Crippen LogP contribution is -2.38. The average molecular weight is 343 g/mol. The Labute approximate surface area is 155 Å². The highest BCUT2D eigenvalue weighted by Crippen LogP contribution is 2.24. The molecule has 0 spiro atoms. The molecule has 25 heavy (non-hydrogen) atoms. The van der Waals surface area contributed by atoms with E-state index < -0.39 is 0 Å². The van der Waals surface area contributed by atoms with Crippen molar-refractivity contribution < 1.29 is 0 Å². The molecule has 2 heteroatoms. The number of unbranched alkanes of at least 4 members (excludes halogenated alkanes) is 7. The van der Waals surface area contributed by atoms with Gasteiger partial charge in [-0.2, -0.15) is 0 Å². The van der Waals surface area contributed by atoms with E-state index in [0.717, 1.165) is 6.54 Å². The average Bonchev–Trinajstić information content (AvgIpc) is 3.01. The maximum atomic E-state index is 2.59. The van der Waals surface area contributed by atoms with Gasteiger partial charge in [0, 0.05) is 25.5 Å². The first kappa shape index (κ1) is 19.9.